The van der Waals surface area contributed by atoms with Crippen molar-refractivity contribution in [2.24, 2.45) is 5.73 Å². The second-order valence-electron chi connectivity index (χ2n) is 6.46. The largest absolute Gasteiger partial charge is 0.488 e. The molecule has 1 aliphatic carbocycles. The van der Waals surface area contributed by atoms with Gasteiger partial charge in [0.25, 0.3) is 0 Å². The molecule has 4 rings (SSSR count). The van der Waals surface area contributed by atoms with E-state index < -0.39 is 0 Å². The lowest BCUT2D eigenvalue weighted by atomic mass is 9.90. The van der Waals surface area contributed by atoms with Crippen LogP contribution in [0.5, 0.6) is 5.75 Å². The molecule has 1 fully saturated rings. The molecule has 4 N–H and O–H groups in total. The van der Waals surface area contributed by atoms with Crippen molar-refractivity contribution in [1.29, 1.82) is 5.26 Å². The highest BCUT2D eigenvalue weighted by Gasteiger charge is 2.28. The van der Waals surface area contributed by atoms with Crippen molar-refractivity contribution in [2.45, 2.75) is 31.9 Å². The quantitative estimate of drug-likeness (QED) is 0.627. The molecule has 9 heteroatoms. The van der Waals surface area contributed by atoms with Crippen molar-refractivity contribution in [3.8, 4) is 23.2 Å². The second-order valence-corrected chi connectivity index (χ2v) is 6.46. The minimum Gasteiger partial charge on any atom is -0.488 e. The average Bonchev–Trinajstić information content (AvgIpc) is 3.10. The smallest absolute Gasteiger partial charge is 0.158 e. The Morgan fingerprint density at radius 2 is 2.11 bits per heavy atom. The number of ether oxygens (including phenoxy) is 1. The fraction of sp³-hybridized carbons (Fsp3) is 0.278. The van der Waals surface area contributed by atoms with Crippen LogP contribution in [-0.4, -0.2) is 37.3 Å². The van der Waals surface area contributed by atoms with E-state index in [9.17, 15) is 0 Å². The molecule has 3 aromatic heterocycles. The number of aromatic amines is 1. The number of aromatic nitrogens is 5. The summed E-state index contributed by atoms with van der Waals surface area (Å²) in [5.74, 6) is 1.75. The van der Waals surface area contributed by atoms with Crippen LogP contribution >= 0.6 is 0 Å². The number of nitrogens with two attached hydrogens (primary N) is 1. The molecule has 1 saturated carbocycles. The van der Waals surface area contributed by atoms with Crippen molar-refractivity contribution in [3.63, 3.8) is 0 Å². The van der Waals surface area contributed by atoms with Gasteiger partial charge in [-0.2, -0.15) is 10.4 Å². The number of nitrogens with one attached hydrogen (secondary N) is 2. The molecular weight excluding hydrogens is 344 g/mol. The van der Waals surface area contributed by atoms with Crippen LogP contribution in [0.15, 0.2) is 30.6 Å². The maximum atomic E-state index is 8.78. The fourth-order valence-corrected chi connectivity index (χ4v) is 2.80. The first-order valence-electron chi connectivity index (χ1n) is 8.55. The minimum absolute atomic E-state index is 0.123. The van der Waals surface area contributed by atoms with E-state index in [-0.39, 0.29) is 17.8 Å². The Labute approximate surface area is 155 Å². The van der Waals surface area contributed by atoms with E-state index in [1.54, 1.807) is 0 Å². The summed E-state index contributed by atoms with van der Waals surface area (Å²) in [4.78, 5) is 12.7. The topological polar surface area (TPSA) is 138 Å². The van der Waals surface area contributed by atoms with Crippen LogP contribution in [0.2, 0.25) is 0 Å². The summed E-state index contributed by atoms with van der Waals surface area (Å²) in [6.07, 6.45) is 4.69. The van der Waals surface area contributed by atoms with Crippen LogP contribution in [-0.2, 0) is 0 Å². The normalized spacial score (nSPS) is 18.4. The zero-order valence-electron chi connectivity index (χ0n) is 14.7. The van der Waals surface area contributed by atoms with E-state index in [2.05, 4.69) is 30.5 Å². The molecule has 0 aromatic carbocycles. The SMILES string of the molecule is Cc1ccc(OC2CC(N)C2)c(-c2cc(Nc3cnc(C#N)cn3)n[nH]2)n1. The third-order valence-electron chi connectivity index (χ3n) is 4.28. The molecule has 3 aromatic rings. The van der Waals surface area contributed by atoms with Gasteiger partial charge >= 0.3 is 0 Å². The highest BCUT2D eigenvalue weighted by Crippen LogP contribution is 2.32. The number of rotatable bonds is 5. The summed E-state index contributed by atoms with van der Waals surface area (Å²) in [7, 11) is 0. The number of pyridine rings is 1. The monoisotopic (exact) mass is 362 g/mol. The van der Waals surface area contributed by atoms with Crippen molar-refractivity contribution in [2.75, 3.05) is 5.32 Å². The lowest BCUT2D eigenvalue weighted by molar-refractivity contribution is 0.101. The molecule has 136 valence electrons. The number of anilines is 2. The predicted molar refractivity (Wildman–Crippen MR) is 98.2 cm³/mol. The molecule has 0 aliphatic heterocycles. The first-order chi connectivity index (χ1) is 13.1. The lowest BCUT2D eigenvalue weighted by Gasteiger charge is -2.33. The molecule has 0 unspecified atom stereocenters. The van der Waals surface area contributed by atoms with Gasteiger partial charge < -0.3 is 15.8 Å². The number of aryl methyl sites for hydroxylation is 1. The number of nitriles is 1. The Morgan fingerprint density at radius 3 is 2.81 bits per heavy atom. The van der Waals surface area contributed by atoms with E-state index >= 15 is 0 Å². The second kappa shape index (κ2) is 7.01. The minimum atomic E-state index is 0.123. The van der Waals surface area contributed by atoms with E-state index in [1.807, 2.05) is 31.2 Å². The van der Waals surface area contributed by atoms with Crippen LogP contribution in [0.4, 0.5) is 11.6 Å². The van der Waals surface area contributed by atoms with E-state index in [0.717, 1.165) is 24.2 Å². The van der Waals surface area contributed by atoms with Gasteiger partial charge in [-0.15, -0.1) is 0 Å². The molecule has 0 amide bonds. The summed E-state index contributed by atoms with van der Waals surface area (Å²) < 4.78 is 6.05. The first kappa shape index (κ1) is 16.9. The van der Waals surface area contributed by atoms with Crippen LogP contribution < -0.4 is 15.8 Å². The van der Waals surface area contributed by atoms with Gasteiger partial charge in [0, 0.05) is 17.8 Å². The maximum absolute atomic E-state index is 8.78. The molecule has 0 spiro atoms. The van der Waals surface area contributed by atoms with Crippen molar-refractivity contribution < 1.29 is 4.74 Å². The summed E-state index contributed by atoms with van der Waals surface area (Å²) in [6, 6.07) is 7.80. The molecule has 1 aliphatic rings. The summed E-state index contributed by atoms with van der Waals surface area (Å²) in [5, 5.41) is 19.0. The number of hydrogen-bond acceptors (Lipinski definition) is 8. The van der Waals surface area contributed by atoms with Gasteiger partial charge in [-0.05, 0) is 31.9 Å². The zero-order chi connectivity index (χ0) is 18.8. The van der Waals surface area contributed by atoms with E-state index in [1.165, 1.54) is 12.4 Å². The Balaban J connectivity index is 1.55. The molecule has 0 radical (unpaired) electrons. The van der Waals surface area contributed by atoms with Gasteiger partial charge in [0.2, 0.25) is 0 Å². The van der Waals surface area contributed by atoms with Gasteiger partial charge in [0.15, 0.2) is 11.5 Å². The van der Waals surface area contributed by atoms with Crippen molar-refractivity contribution in [1.82, 2.24) is 25.1 Å². The number of hydrogen-bond donors (Lipinski definition) is 3. The highest BCUT2D eigenvalue weighted by molar-refractivity contribution is 5.67. The number of H-pyrrole nitrogens is 1. The standard InChI is InChI=1S/C18H18N8O/c1-10-2-3-15(27-13-4-11(20)5-13)18(23-10)14-6-16(26-25-14)24-17-9-21-12(7-19)8-22-17/h2-3,6,8-9,11,13H,4-5,20H2,1H3,(H2,22,24,25,26). The van der Waals surface area contributed by atoms with Crippen LogP contribution in [0.25, 0.3) is 11.4 Å². The Bertz CT molecular complexity index is 985. The van der Waals surface area contributed by atoms with Gasteiger partial charge in [-0.3, -0.25) is 5.10 Å². The molecular formula is C18H18N8O. The maximum Gasteiger partial charge on any atom is 0.158 e. The summed E-state index contributed by atoms with van der Waals surface area (Å²) in [6.45, 7) is 1.93. The fourth-order valence-electron chi connectivity index (χ4n) is 2.80. The van der Waals surface area contributed by atoms with Crippen molar-refractivity contribution >= 4 is 11.6 Å². The molecule has 0 atom stereocenters. The lowest BCUT2D eigenvalue weighted by Crippen LogP contribution is -2.43. The third kappa shape index (κ3) is 3.70. The first-order valence-corrected chi connectivity index (χ1v) is 8.55. The Kier molecular flexibility index (Phi) is 4.40. The zero-order valence-corrected chi connectivity index (χ0v) is 14.7. The highest BCUT2D eigenvalue weighted by atomic mass is 16.5. The van der Waals surface area contributed by atoms with Gasteiger partial charge in [0.1, 0.15) is 29.4 Å². The summed E-state index contributed by atoms with van der Waals surface area (Å²) >= 11 is 0. The van der Waals surface area contributed by atoms with Gasteiger partial charge in [-0.1, -0.05) is 0 Å². The van der Waals surface area contributed by atoms with Crippen LogP contribution in [0, 0.1) is 18.3 Å². The van der Waals surface area contributed by atoms with Crippen LogP contribution in [0.1, 0.15) is 24.2 Å². The molecule has 0 saturated heterocycles. The Hall–Kier alpha value is -3.51. The van der Waals surface area contributed by atoms with E-state index in [0.29, 0.717) is 23.1 Å². The molecule has 9 nitrogen and oxygen atoms in total. The molecule has 27 heavy (non-hydrogen) atoms. The molecule has 3 heterocycles. The van der Waals surface area contributed by atoms with Crippen molar-refractivity contribution in [3.05, 3.63) is 42.0 Å². The summed E-state index contributed by atoms with van der Waals surface area (Å²) in [5.41, 5.74) is 8.40. The molecule has 0 bridgehead atoms. The van der Waals surface area contributed by atoms with Gasteiger partial charge in [-0.25, -0.2) is 15.0 Å². The predicted octanol–water partition coefficient (Wildman–Crippen LogP) is 2.05. The van der Waals surface area contributed by atoms with E-state index in [4.69, 9.17) is 15.7 Å². The number of nitrogens with zero attached hydrogens (tertiary/aromatic N) is 5. The average molecular weight is 362 g/mol. The van der Waals surface area contributed by atoms with Crippen LogP contribution in [0.3, 0.4) is 0 Å². The Morgan fingerprint density at radius 1 is 1.26 bits per heavy atom. The third-order valence-corrected chi connectivity index (χ3v) is 4.28. The van der Waals surface area contributed by atoms with Gasteiger partial charge in [0.05, 0.1) is 18.1 Å².